The van der Waals surface area contributed by atoms with Crippen molar-refractivity contribution in [3.8, 4) is 29.4 Å². The summed E-state index contributed by atoms with van der Waals surface area (Å²) in [4.78, 5) is 10.7. The van der Waals surface area contributed by atoms with Crippen molar-refractivity contribution in [2.75, 3.05) is 7.11 Å². The average Bonchev–Trinajstić information content (AvgIpc) is 2.30. The van der Waals surface area contributed by atoms with E-state index in [1.165, 1.54) is 19.2 Å². The van der Waals surface area contributed by atoms with Crippen LogP contribution in [0.2, 0.25) is 0 Å². The zero-order valence-electron chi connectivity index (χ0n) is 8.65. The van der Waals surface area contributed by atoms with Gasteiger partial charge in [0.1, 0.15) is 0 Å². The second kappa shape index (κ2) is 5.43. The van der Waals surface area contributed by atoms with E-state index in [9.17, 15) is 9.90 Å². The molecule has 0 fully saturated rings. The Labute approximate surface area is 93.1 Å². The number of carbonyl (C=O) groups is 1. The number of aromatic hydroxyl groups is 1. The summed E-state index contributed by atoms with van der Waals surface area (Å²) in [5, 5.41) is 17.8. The molecule has 80 valence electrons. The molecule has 1 aromatic rings. The van der Waals surface area contributed by atoms with Crippen LogP contribution in [0.3, 0.4) is 0 Å². The summed E-state index contributed by atoms with van der Waals surface area (Å²) >= 11 is 0. The number of methoxy groups -OCH3 is 1. The molecular formula is C12H9NO3. The van der Waals surface area contributed by atoms with Gasteiger partial charge in [-0.1, -0.05) is 11.8 Å². The van der Waals surface area contributed by atoms with Crippen LogP contribution in [0.1, 0.15) is 22.3 Å². The second-order valence-electron chi connectivity index (χ2n) is 2.87. The van der Waals surface area contributed by atoms with Crippen LogP contribution < -0.4 is 4.74 Å². The van der Waals surface area contributed by atoms with Gasteiger partial charge in [0.2, 0.25) is 0 Å². The van der Waals surface area contributed by atoms with E-state index in [2.05, 4.69) is 11.8 Å². The molecule has 0 saturated carbocycles. The number of carbonyl (C=O) groups excluding carboxylic acids is 1. The van der Waals surface area contributed by atoms with Crippen molar-refractivity contribution in [3.05, 3.63) is 23.3 Å². The standard InChI is InChI=1S/C12H9NO3/c1-16-12-7-9(4-2-3-5-13)10(8-14)6-11(12)15/h6-8,15H,3H2,1H3. The Balaban J connectivity index is 3.22. The van der Waals surface area contributed by atoms with Crippen molar-refractivity contribution < 1.29 is 14.6 Å². The number of hydrogen-bond acceptors (Lipinski definition) is 4. The van der Waals surface area contributed by atoms with Gasteiger partial charge in [0.05, 0.1) is 19.6 Å². The fourth-order valence-corrected chi connectivity index (χ4v) is 1.13. The Bertz CT molecular complexity index is 503. The third kappa shape index (κ3) is 2.52. The lowest BCUT2D eigenvalue weighted by molar-refractivity contribution is 0.112. The largest absolute Gasteiger partial charge is 0.504 e. The Hall–Kier alpha value is -2.46. The van der Waals surface area contributed by atoms with Crippen LogP contribution in [0.15, 0.2) is 12.1 Å². The molecule has 1 rings (SSSR count). The van der Waals surface area contributed by atoms with Crippen molar-refractivity contribution in [1.29, 1.82) is 5.26 Å². The van der Waals surface area contributed by atoms with Crippen molar-refractivity contribution in [2.45, 2.75) is 6.42 Å². The second-order valence-corrected chi connectivity index (χ2v) is 2.87. The Morgan fingerprint density at radius 3 is 2.88 bits per heavy atom. The van der Waals surface area contributed by atoms with Crippen LogP contribution in [0.4, 0.5) is 0 Å². The number of aldehydes is 1. The maximum atomic E-state index is 10.7. The summed E-state index contributed by atoms with van der Waals surface area (Å²) in [7, 11) is 1.40. The smallest absolute Gasteiger partial charge is 0.161 e. The molecule has 0 radical (unpaired) electrons. The zero-order chi connectivity index (χ0) is 12.0. The quantitative estimate of drug-likeness (QED) is 0.599. The van der Waals surface area contributed by atoms with Gasteiger partial charge in [-0.25, -0.2) is 0 Å². The predicted octanol–water partition coefficient (Wildman–Crippen LogP) is 1.48. The molecule has 0 amide bonds. The number of rotatable bonds is 2. The molecule has 0 aliphatic rings. The molecule has 0 heterocycles. The summed E-state index contributed by atoms with van der Waals surface area (Å²) < 4.78 is 4.89. The first-order chi connectivity index (χ1) is 7.72. The molecule has 0 bridgehead atoms. The summed E-state index contributed by atoms with van der Waals surface area (Å²) in [5.74, 6) is 5.39. The van der Waals surface area contributed by atoms with E-state index in [-0.39, 0.29) is 23.5 Å². The van der Waals surface area contributed by atoms with E-state index in [1.54, 1.807) is 0 Å². The third-order valence-electron chi connectivity index (χ3n) is 1.87. The first-order valence-corrected chi connectivity index (χ1v) is 4.45. The lowest BCUT2D eigenvalue weighted by Gasteiger charge is -2.05. The third-order valence-corrected chi connectivity index (χ3v) is 1.87. The summed E-state index contributed by atoms with van der Waals surface area (Å²) in [6.07, 6.45) is 0.678. The van der Waals surface area contributed by atoms with Gasteiger partial charge in [0, 0.05) is 17.2 Å². The van der Waals surface area contributed by atoms with Gasteiger partial charge in [-0.2, -0.15) is 5.26 Å². The van der Waals surface area contributed by atoms with Gasteiger partial charge in [0.15, 0.2) is 17.8 Å². The number of ether oxygens (including phenoxy) is 1. The van der Waals surface area contributed by atoms with Crippen molar-refractivity contribution in [2.24, 2.45) is 0 Å². The summed E-state index contributed by atoms with van der Waals surface area (Å²) in [6.45, 7) is 0. The number of hydrogen-bond donors (Lipinski definition) is 1. The number of phenols is 1. The molecule has 0 aliphatic heterocycles. The highest BCUT2D eigenvalue weighted by Crippen LogP contribution is 2.28. The van der Waals surface area contributed by atoms with E-state index in [0.717, 1.165) is 0 Å². The molecule has 0 saturated heterocycles. The summed E-state index contributed by atoms with van der Waals surface area (Å²) in [6, 6.07) is 4.61. The number of nitrogens with zero attached hydrogens (tertiary/aromatic N) is 1. The van der Waals surface area contributed by atoms with Crippen LogP contribution in [0.25, 0.3) is 0 Å². The maximum Gasteiger partial charge on any atom is 0.161 e. The first kappa shape index (κ1) is 11.6. The minimum absolute atomic E-state index is 0.0848. The van der Waals surface area contributed by atoms with E-state index >= 15 is 0 Å². The normalized spacial score (nSPS) is 8.50. The number of nitriles is 1. The lowest BCUT2D eigenvalue weighted by Crippen LogP contribution is -1.91. The topological polar surface area (TPSA) is 70.3 Å². The molecule has 0 spiro atoms. The molecule has 0 atom stereocenters. The zero-order valence-corrected chi connectivity index (χ0v) is 8.65. The number of phenolic OH excluding ortho intramolecular Hbond substituents is 1. The predicted molar refractivity (Wildman–Crippen MR) is 57.2 cm³/mol. The van der Waals surface area contributed by atoms with Gasteiger partial charge in [-0.15, -0.1) is 0 Å². The van der Waals surface area contributed by atoms with E-state index in [1.807, 2.05) is 6.07 Å². The highest BCUT2D eigenvalue weighted by Gasteiger charge is 2.07. The fourth-order valence-electron chi connectivity index (χ4n) is 1.13. The molecule has 1 N–H and O–H groups in total. The highest BCUT2D eigenvalue weighted by atomic mass is 16.5. The van der Waals surface area contributed by atoms with Gasteiger partial charge in [-0.05, 0) is 6.07 Å². The SMILES string of the molecule is COc1cc(C#CCC#N)c(C=O)cc1O. The van der Waals surface area contributed by atoms with Gasteiger partial charge in [-0.3, -0.25) is 4.79 Å². The fraction of sp³-hybridized carbons (Fsp3) is 0.167. The van der Waals surface area contributed by atoms with Gasteiger partial charge in [0.25, 0.3) is 0 Å². The molecule has 0 unspecified atom stereocenters. The minimum Gasteiger partial charge on any atom is -0.504 e. The number of benzene rings is 1. The van der Waals surface area contributed by atoms with Gasteiger partial charge >= 0.3 is 0 Å². The van der Waals surface area contributed by atoms with Crippen LogP contribution in [0.5, 0.6) is 11.5 Å². The molecule has 1 aromatic carbocycles. The van der Waals surface area contributed by atoms with E-state index in [4.69, 9.17) is 10.00 Å². The molecular weight excluding hydrogens is 206 g/mol. The molecule has 16 heavy (non-hydrogen) atoms. The van der Waals surface area contributed by atoms with Crippen LogP contribution in [-0.2, 0) is 0 Å². The van der Waals surface area contributed by atoms with Crippen LogP contribution >= 0.6 is 0 Å². The molecule has 0 aromatic heterocycles. The first-order valence-electron chi connectivity index (χ1n) is 4.45. The average molecular weight is 215 g/mol. The van der Waals surface area contributed by atoms with Crippen molar-refractivity contribution >= 4 is 6.29 Å². The Morgan fingerprint density at radius 1 is 1.56 bits per heavy atom. The maximum absolute atomic E-state index is 10.7. The molecule has 4 heteroatoms. The lowest BCUT2D eigenvalue weighted by atomic mass is 10.1. The Kier molecular flexibility index (Phi) is 3.94. The van der Waals surface area contributed by atoms with E-state index < -0.39 is 0 Å². The van der Waals surface area contributed by atoms with Crippen LogP contribution in [-0.4, -0.2) is 18.5 Å². The molecule has 0 aliphatic carbocycles. The van der Waals surface area contributed by atoms with Crippen LogP contribution in [0, 0.1) is 23.2 Å². The minimum atomic E-state index is -0.115. The summed E-state index contributed by atoms with van der Waals surface area (Å²) in [5.41, 5.74) is 0.698. The highest BCUT2D eigenvalue weighted by molar-refractivity contribution is 5.81. The molecule has 4 nitrogen and oxygen atoms in total. The van der Waals surface area contributed by atoms with Gasteiger partial charge < -0.3 is 9.84 Å². The van der Waals surface area contributed by atoms with Crippen molar-refractivity contribution in [1.82, 2.24) is 0 Å². The Morgan fingerprint density at radius 2 is 2.31 bits per heavy atom. The monoisotopic (exact) mass is 215 g/mol. The van der Waals surface area contributed by atoms with Crippen molar-refractivity contribution in [3.63, 3.8) is 0 Å². The van der Waals surface area contributed by atoms with E-state index in [0.29, 0.717) is 11.8 Å².